The third-order valence-electron chi connectivity index (χ3n) is 5.73. The van der Waals surface area contributed by atoms with Crippen LogP contribution in [0.5, 0.6) is 0 Å². The third kappa shape index (κ3) is 5.97. The number of benzene rings is 1. The molecule has 0 aliphatic carbocycles. The number of aryl methyl sites for hydroxylation is 1. The van der Waals surface area contributed by atoms with Crippen LogP contribution in [-0.4, -0.2) is 69.9 Å². The maximum Gasteiger partial charge on any atom is 0.191 e. The predicted molar refractivity (Wildman–Crippen MR) is 128 cm³/mol. The Bertz CT molecular complexity index is 658. The lowest BCUT2D eigenvalue weighted by molar-refractivity contribution is -0.00834. The van der Waals surface area contributed by atoms with Crippen molar-refractivity contribution in [3.8, 4) is 0 Å². The Morgan fingerprint density at radius 2 is 1.93 bits per heavy atom. The van der Waals surface area contributed by atoms with E-state index in [1.54, 1.807) is 0 Å². The number of aliphatic imine (C=N–C) groups is 1. The van der Waals surface area contributed by atoms with Crippen LogP contribution in [0.15, 0.2) is 23.2 Å². The molecule has 0 spiro atoms. The minimum Gasteiger partial charge on any atom is -0.379 e. The zero-order valence-electron chi connectivity index (χ0n) is 17.8. The zero-order chi connectivity index (χ0) is 19.3. The molecule has 0 atom stereocenters. The predicted octanol–water partition coefficient (Wildman–Crippen LogP) is 2.46. The number of rotatable bonds is 5. The lowest BCUT2D eigenvalue weighted by Gasteiger charge is -2.41. The Labute approximate surface area is 187 Å². The molecule has 2 aliphatic rings. The van der Waals surface area contributed by atoms with Gasteiger partial charge in [-0.1, -0.05) is 12.1 Å². The van der Waals surface area contributed by atoms with Gasteiger partial charge in [0.05, 0.1) is 13.2 Å². The molecule has 0 bridgehead atoms. The van der Waals surface area contributed by atoms with Gasteiger partial charge >= 0.3 is 0 Å². The van der Waals surface area contributed by atoms with Crippen LogP contribution in [0.25, 0.3) is 0 Å². The lowest BCUT2D eigenvalue weighted by atomic mass is 9.99. The summed E-state index contributed by atoms with van der Waals surface area (Å²) in [6, 6.07) is 6.81. The van der Waals surface area contributed by atoms with E-state index in [9.17, 15) is 0 Å². The molecule has 2 N–H and O–H groups in total. The monoisotopic (exact) mass is 501 g/mol. The summed E-state index contributed by atoms with van der Waals surface area (Å²) in [5.74, 6) is 0.853. The van der Waals surface area contributed by atoms with Crippen molar-refractivity contribution in [1.29, 1.82) is 0 Å². The van der Waals surface area contributed by atoms with Crippen LogP contribution < -0.4 is 15.5 Å². The number of ether oxygens (including phenoxy) is 1. The van der Waals surface area contributed by atoms with E-state index in [1.165, 1.54) is 29.7 Å². The molecule has 6 nitrogen and oxygen atoms in total. The Kier molecular flexibility index (Phi) is 8.82. The molecule has 0 unspecified atom stereocenters. The number of guanidine groups is 1. The van der Waals surface area contributed by atoms with Gasteiger partial charge in [0.15, 0.2) is 5.96 Å². The van der Waals surface area contributed by atoms with Crippen LogP contribution >= 0.6 is 24.0 Å². The summed E-state index contributed by atoms with van der Waals surface area (Å²) in [7, 11) is 4.01. The topological polar surface area (TPSA) is 52.1 Å². The van der Waals surface area contributed by atoms with Gasteiger partial charge in [0.1, 0.15) is 0 Å². The second-order valence-electron chi connectivity index (χ2n) is 8.18. The standard InChI is InChI=1S/C21H35N5O.HI/c1-21(2,26-10-12-27-13-11-26)16-24-20(22-3)23-15-17-7-8-19-18(14-17)6-5-9-25(19)4;/h7-8,14H,5-6,9-13,15-16H2,1-4H3,(H2,22,23,24);1H. The fourth-order valence-corrected chi connectivity index (χ4v) is 3.94. The Morgan fingerprint density at radius 3 is 2.64 bits per heavy atom. The van der Waals surface area contributed by atoms with Gasteiger partial charge in [-0.2, -0.15) is 0 Å². The summed E-state index contributed by atoms with van der Waals surface area (Å²) in [4.78, 5) is 9.23. The number of halogens is 1. The van der Waals surface area contributed by atoms with Crippen molar-refractivity contribution in [2.24, 2.45) is 4.99 Å². The first-order valence-electron chi connectivity index (χ1n) is 10.1. The summed E-state index contributed by atoms with van der Waals surface area (Å²) >= 11 is 0. The number of nitrogens with one attached hydrogen (secondary N) is 2. The molecule has 1 aromatic rings. The van der Waals surface area contributed by atoms with Gasteiger partial charge in [0.2, 0.25) is 0 Å². The van der Waals surface area contributed by atoms with E-state index in [2.05, 4.69) is 64.5 Å². The first-order chi connectivity index (χ1) is 13.0. The smallest absolute Gasteiger partial charge is 0.191 e. The van der Waals surface area contributed by atoms with Crippen LogP contribution in [0.2, 0.25) is 0 Å². The van der Waals surface area contributed by atoms with Crippen LogP contribution in [0.1, 0.15) is 31.4 Å². The van der Waals surface area contributed by atoms with Crippen molar-refractivity contribution in [1.82, 2.24) is 15.5 Å². The number of hydrogen-bond donors (Lipinski definition) is 2. The van der Waals surface area contributed by atoms with Crippen molar-refractivity contribution < 1.29 is 4.74 Å². The molecule has 28 heavy (non-hydrogen) atoms. The van der Waals surface area contributed by atoms with E-state index in [-0.39, 0.29) is 29.5 Å². The average Bonchev–Trinajstić information content (AvgIpc) is 2.69. The van der Waals surface area contributed by atoms with Gasteiger partial charge in [-0.05, 0) is 43.9 Å². The number of morpholine rings is 1. The third-order valence-corrected chi connectivity index (χ3v) is 5.73. The Hall–Kier alpha value is -1.06. The van der Waals surface area contributed by atoms with Gasteiger partial charge in [-0.15, -0.1) is 24.0 Å². The quantitative estimate of drug-likeness (QED) is 0.369. The van der Waals surface area contributed by atoms with E-state index in [0.717, 1.165) is 51.9 Å². The van der Waals surface area contributed by atoms with Gasteiger partial charge < -0.3 is 20.3 Å². The van der Waals surface area contributed by atoms with Gasteiger partial charge in [-0.25, -0.2) is 0 Å². The van der Waals surface area contributed by atoms with Crippen molar-refractivity contribution in [2.75, 3.05) is 58.4 Å². The molecule has 0 saturated carbocycles. The summed E-state index contributed by atoms with van der Waals surface area (Å²) in [6.07, 6.45) is 2.41. The van der Waals surface area contributed by atoms with Crippen molar-refractivity contribution in [2.45, 2.75) is 38.8 Å². The highest BCUT2D eigenvalue weighted by Gasteiger charge is 2.28. The summed E-state index contributed by atoms with van der Waals surface area (Å²) < 4.78 is 5.47. The first kappa shape index (κ1) is 23.2. The van der Waals surface area contributed by atoms with Crippen molar-refractivity contribution in [3.05, 3.63) is 29.3 Å². The molecule has 1 fully saturated rings. The number of hydrogen-bond acceptors (Lipinski definition) is 4. The maximum atomic E-state index is 5.47. The number of nitrogens with zero attached hydrogens (tertiary/aromatic N) is 3. The van der Waals surface area contributed by atoms with Crippen molar-refractivity contribution >= 4 is 35.6 Å². The molecule has 2 aliphatic heterocycles. The molecule has 0 radical (unpaired) electrons. The highest BCUT2D eigenvalue weighted by Crippen LogP contribution is 2.26. The zero-order valence-corrected chi connectivity index (χ0v) is 20.1. The first-order valence-corrected chi connectivity index (χ1v) is 10.1. The Morgan fingerprint density at radius 1 is 1.18 bits per heavy atom. The van der Waals surface area contributed by atoms with Gasteiger partial charge in [0, 0.05) is 58.0 Å². The largest absolute Gasteiger partial charge is 0.379 e. The van der Waals surface area contributed by atoms with E-state index in [1.807, 2.05) is 7.05 Å². The van der Waals surface area contributed by atoms with Crippen molar-refractivity contribution in [3.63, 3.8) is 0 Å². The molecule has 0 aromatic heterocycles. The number of anilines is 1. The summed E-state index contributed by atoms with van der Waals surface area (Å²) in [5, 5.41) is 6.96. The molecule has 158 valence electrons. The summed E-state index contributed by atoms with van der Waals surface area (Å²) in [6.45, 7) is 11.0. The van der Waals surface area contributed by atoms with Crippen LogP contribution in [0, 0.1) is 0 Å². The van der Waals surface area contributed by atoms with Crippen LogP contribution in [0.4, 0.5) is 5.69 Å². The van der Waals surface area contributed by atoms with Gasteiger partial charge in [0.25, 0.3) is 0 Å². The molecule has 1 saturated heterocycles. The highest BCUT2D eigenvalue weighted by molar-refractivity contribution is 14.0. The van der Waals surface area contributed by atoms with E-state index < -0.39 is 0 Å². The average molecular weight is 501 g/mol. The van der Waals surface area contributed by atoms with Crippen LogP contribution in [-0.2, 0) is 17.7 Å². The Balaban J connectivity index is 0.00000280. The lowest BCUT2D eigenvalue weighted by Crippen LogP contribution is -2.56. The van der Waals surface area contributed by atoms with Crippen LogP contribution in [0.3, 0.4) is 0 Å². The van der Waals surface area contributed by atoms with E-state index >= 15 is 0 Å². The molecule has 3 rings (SSSR count). The SMILES string of the molecule is CN=C(NCc1ccc2c(c1)CCCN2C)NCC(C)(C)N1CCOCC1.I. The molecular formula is C21H36IN5O. The highest BCUT2D eigenvalue weighted by atomic mass is 127. The van der Waals surface area contributed by atoms with Gasteiger partial charge in [-0.3, -0.25) is 9.89 Å². The minimum absolute atomic E-state index is 0. The molecular weight excluding hydrogens is 465 g/mol. The molecule has 1 aromatic carbocycles. The summed E-state index contributed by atoms with van der Waals surface area (Å²) in [5.41, 5.74) is 4.20. The van der Waals surface area contributed by atoms with E-state index in [0.29, 0.717) is 0 Å². The second-order valence-corrected chi connectivity index (χ2v) is 8.18. The fraction of sp³-hybridized carbons (Fsp3) is 0.667. The molecule has 2 heterocycles. The minimum atomic E-state index is 0. The maximum absolute atomic E-state index is 5.47. The molecule has 0 amide bonds. The second kappa shape index (κ2) is 10.6. The van der Waals surface area contributed by atoms with E-state index in [4.69, 9.17) is 4.74 Å². The molecule has 7 heteroatoms. The number of fused-ring (bicyclic) bond motifs is 1. The fourth-order valence-electron chi connectivity index (χ4n) is 3.94. The normalized spacial score (nSPS) is 18.3.